The van der Waals surface area contributed by atoms with Gasteiger partial charge in [-0.2, -0.15) is 0 Å². The number of hydrogen-bond acceptors (Lipinski definition) is 2. The number of nitrogens with zero attached hydrogens (tertiary/aromatic N) is 1. The van der Waals surface area contributed by atoms with Crippen molar-refractivity contribution in [2.75, 3.05) is 6.54 Å². The molecule has 0 aliphatic carbocycles. The fraction of sp³-hybridized carbons (Fsp3) is 0.667. The first kappa shape index (κ1) is 13.5. The molecule has 1 aliphatic rings. The highest BCUT2D eigenvalue weighted by molar-refractivity contribution is 5.83. The molecule has 1 saturated heterocycles. The minimum absolute atomic E-state index is 0.193. The third-order valence-electron chi connectivity index (χ3n) is 3.14. The van der Waals surface area contributed by atoms with Gasteiger partial charge in [-0.05, 0) is 33.1 Å². The lowest BCUT2D eigenvalue weighted by molar-refractivity contribution is -0.139. The SMILES string of the molecule is C=CCC(NC(=O)N1CCCC1(C)C)C(=O)O. The molecule has 1 atom stereocenters. The predicted molar refractivity (Wildman–Crippen MR) is 64.8 cm³/mol. The van der Waals surface area contributed by atoms with Crippen LogP contribution in [-0.2, 0) is 4.79 Å². The maximum Gasteiger partial charge on any atom is 0.326 e. The summed E-state index contributed by atoms with van der Waals surface area (Å²) in [4.78, 5) is 24.6. The summed E-state index contributed by atoms with van der Waals surface area (Å²) in [6, 6.07) is -1.20. The summed E-state index contributed by atoms with van der Waals surface area (Å²) in [5.41, 5.74) is -0.193. The quantitative estimate of drug-likeness (QED) is 0.733. The van der Waals surface area contributed by atoms with Gasteiger partial charge in [0, 0.05) is 12.1 Å². The molecule has 0 bridgehead atoms. The zero-order chi connectivity index (χ0) is 13.1. The van der Waals surface area contributed by atoms with Gasteiger partial charge in [0.15, 0.2) is 0 Å². The van der Waals surface area contributed by atoms with E-state index in [1.165, 1.54) is 6.08 Å². The molecule has 0 aromatic rings. The van der Waals surface area contributed by atoms with Crippen LogP contribution in [0.3, 0.4) is 0 Å². The Bertz CT molecular complexity index is 326. The third kappa shape index (κ3) is 3.22. The van der Waals surface area contributed by atoms with Crippen LogP contribution in [0.15, 0.2) is 12.7 Å². The molecule has 0 spiro atoms. The molecule has 0 radical (unpaired) electrons. The normalized spacial score (nSPS) is 19.8. The van der Waals surface area contributed by atoms with Crippen molar-refractivity contribution in [2.24, 2.45) is 0 Å². The van der Waals surface area contributed by atoms with Crippen LogP contribution in [0.1, 0.15) is 33.1 Å². The molecule has 0 aromatic carbocycles. The summed E-state index contributed by atoms with van der Waals surface area (Å²) in [6.45, 7) is 8.15. The maximum atomic E-state index is 12.0. The number of aliphatic carboxylic acids is 1. The van der Waals surface area contributed by atoms with Crippen LogP contribution in [-0.4, -0.2) is 40.1 Å². The van der Waals surface area contributed by atoms with Crippen molar-refractivity contribution in [3.8, 4) is 0 Å². The number of nitrogens with one attached hydrogen (secondary N) is 1. The fourth-order valence-corrected chi connectivity index (χ4v) is 2.10. The summed E-state index contributed by atoms with van der Waals surface area (Å²) in [6.07, 6.45) is 3.63. The highest BCUT2D eigenvalue weighted by Gasteiger charge is 2.36. The second-order valence-corrected chi connectivity index (χ2v) is 4.93. The second-order valence-electron chi connectivity index (χ2n) is 4.93. The van der Waals surface area contributed by atoms with E-state index in [-0.39, 0.29) is 18.0 Å². The highest BCUT2D eigenvalue weighted by atomic mass is 16.4. The molecule has 17 heavy (non-hydrogen) atoms. The molecule has 2 amide bonds. The van der Waals surface area contributed by atoms with Gasteiger partial charge < -0.3 is 15.3 Å². The van der Waals surface area contributed by atoms with Gasteiger partial charge >= 0.3 is 12.0 Å². The van der Waals surface area contributed by atoms with Crippen molar-refractivity contribution in [1.82, 2.24) is 10.2 Å². The van der Waals surface area contributed by atoms with Crippen LogP contribution in [0.4, 0.5) is 4.79 Å². The molecule has 1 unspecified atom stereocenters. The number of carboxylic acids is 1. The van der Waals surface area contributed by atoms with E-state index in [0.29, 0.717) is 6.54 Å². The number of urea groups is 1. The number of carboxylic acid groups (broad SMARTS) is 1. The Kier molecular flexibility index (Phi) is 4.15. The molecule has 5 nitrogen and oxygen atoms in total. The first-order valence-corrected chi connectivity index (χ1v) is 5.80. The van der Waals surface area contributed by atoms with Crippen molar-refractivity contribution in [3.63, 3.8) is 0 Å². The van der Waals surface area contributed by atoms with Gasteiger partial charge in [-0.1, -0.05) is 6.08 Å². The molecular weight excluding hydrogens is 220 g/mol. The van der Waals surface area contributed by atoms with Crippen molar-refractivity contribution in [1.29, 1.82) is 0 Å². The maximum absolute atomic E-state index is 12.0. The minimum Gasteiger partial charge on any atom is -0.480 e. The average Bonchev–Trinajstić information content (AvgIpc) is 2.57. The largest absolute Gasteiger partial charge is 0.480 e. The van der Waals surface area contributed by atoms with E-state index >= 15 is 0 Å². The Balaban J connectivity index is 2.64. The van der Waals surface area contributed by atoms with E-state index in [2.05, 4.69) is 11.9 Å². The first-order valence-electron chi connectivity index (χ1n) is 5.80. The molecule has 1 aliphatic heterocycles. The Morgan fingerprint density at radius 3 is 2.65 bits per heavy atom. The van der Waals surface area contributed by atoms with E-state index in [0.717, 1.165) is 12.8 Å². The summed E-state index contributed by atoms with van der Waals surface area (Å²) in [7, 11) is 0. The first-order chi connectivity index (χ1) is 7.88. The van der Waals surface area contributed by atoms with Gasteiger partial charge in [0.2, 0.25) is 0 Å². The molecule has 1 heterocycles. The lowest BCUT2D eigenvalue weighted by Crippen LogP contribution is -2.52. The molecule has 0 aromatic heterocycles. The molecule has 96 valence electrons. The van der Waals surface area contributed by atoms with Gasteiger partial charge in [-0.15, -0.1) is 6.58 Å². The molecular formula is C12H20N2O3. The number of rotatable bonds is 4. The van der Waals surface area contributed by atoms with Crippen molar-refractivity contribution >= 4 is 12.0 Å². The van der Waals surface area contributed by atoms with Crippen LogP contribution >= 0.6 is 0 Å². The second kappa shape index (κ2) is 5.21. The van der Waals surface area contributed by atoms with Gasteiger partial charge in [0.1, 0.15) is 6.04 Å². The van der Waals surface area contributed by atoms with Crippen LogP contribution in [0, 0.1) is 0 Å². The number of carbonyl (C=O) groups is 2. The number of hydrogen-bond donors (Lipinski definition) is 2. The van der Waals surface area contributed by atoms with E-state index in [4.69, 9.17) is 5.11 Å². The summed E-state index contributed by atoms with van der Waals surface area (Å²) in [5.74, 6) is -1.03. The van der Waals surface area contributed by atoms with Crippen LogP contribution in [0.25, 0.3) is 0 Å². The zero-order valence-electron chi connectivity index (χ0n) is 10.4. The Labute approximate surface area is 101 Å². The highest BCUT2D eigenvalue weighted by Crippen LogP contribution is 2.27. The topological polar surface area (TPSA) is 69.6 Å². The molecule has 1 fully saturated rings. The summed E-state index contributed by atoms with van der Waals surface area (Å²) >= 11 is 0. The number of likely N-dealkylation sites (tertiary alicyclic amines) is 1. The molecule has 5 heteroatoms. The minimum atomic E-state index is -1.03. The van der Waals surface area contributed by atoms with Crippen LogP contribution in [0.2, 0.25) is 0 Å². The Morgan fingerprint density at radius 1 is 1.59 bits per heavy atom. The Hall–Kier alpha value is -1.52. The molecule has 1 rings (SSSR count). The summed E-state index contributed by atoms with van der Waals surface area (Å²) < 4.78 is 0. The summed E-state index contributed by atoms with van der Waals surface area (Å²) in [5, 5.41) is 11.5. The third-order valence-corrected chi connectivity index (χ3v) is 3.14. The smallest absolute Gasteiger partial charge is 0.326 e. The number of amides is 2. The molecule has 0 saturated carbocycles. The Morgan fingerprint density at radius 2 is 2.24 bits per heavy atom. The van der Waals surface area contributed by atoms with E-state index < -0.39 is 12.0 Å². The molecule has 2 N–H and O–H groups in total. The zero-order valence-corrected chi connectivity index (χ0v) is 10.4. The van der Waals surface area contributed by atoms with Crippen molar-refractivity contribution in [2.45, 2.75) is 44.7 Å². The lowest BCUT2D eigenvalue weighted by atomic mass is 10.0. The van der Waals surface area contributed by atoms with Gasteiger partial charge in [0.25, 0.3) is 0 Å². The lowest BCUT2D eigenvalue weighted by Gasteiger charge is -2.32. The van der Waals surface area contributed by atoms with E-state index in [1.807, 2.05) is 13.8 Å². The van der Waals surface area contributed by atoms with Crippen molar-refractivity contribution < 1.29 is 14.7 Å². The standard InChI is InChI=1S/C12H20N2O3/c1-4-6-9(10(15)16)13-11(17)14-8-5-7-12(14,2)3/h4,9H,1,5-8H2,2-3H3,(H,13,17)(H,15,16). The van der Waals surface area contributed by atoms with E-state index in [9.17, 15) is 9.59 Å². The monoisotopic (exact) mass is 240 g/mol. The average molecular weight is 240 g/mol. The number of carbonyl (C=O) groups excluding carboxylic acids is 1. The van der Waals surface area contributed by atoms with E-state index in [1.54, 1.807) is 4.90 Å². The van der Waals surface area contributed by atoms with Crippen LogP contribution < -0.4 is 5.32 Å². The van der Waals surface area contributed by atoms with Crippen molar-refractivity contribution in [3.05, 3.63) is 12.7 Å². The van der Waals surface area contributed by atoms with Crippen LogP contribution in [0.5, 0.6) is 0 Å². The fourth-order valence-electron chi connectivity index (χ4n) is 2.10. The van der Waals surface area contributed by atoms with Gasteiger partial charge in [0.05, 0.1) is 0 Å². The predicted octanol–water partition coefficient (Wildman–Crippen LogP) is 1.60. The van der Waals surface area contributed by atoms with Gasteiger partial charge in [-0.25, -0.2) is 9.59 Å². The van der Waals surface area contributed by atoms with Gasteiger partial charge in [-0.3, -0.25) is 0 Å².